The van der Waals surface area contributed by atoms with Crippen molar-refractivity contribution in [2.75, 3.05) is 11.9 Å². The van der Waals surface area contributed by atoms with Gasteiger partial charge in [-0.15, -0.1) is 0 Å². The van der Waals surface area contributed by atoms with Crippen molar-refractivity contribution in [3.8, 4) is 0 Å². The maximum atomic E-state index is 4.88. The van der Waals surface area contributed by atoms with Crippen molar-refractivity contribution in [3.63, 3.8) is 0 Å². The van der Waals surface area contributed by atoms with Crippen molar-refractivity contribution in [3.05, 3.63) is 17.6 Å². The van der Waals surface area contributed by atoms with Crippen LogP contribution < -0.4 is 5.32 Å². The Morgan fingerprint density at radius 1 is 1.24 bits per heavy atom. The summed E-state index contributed by atoms with van der Waals surface area (Å²) in [6, 6.07) is 2.13. The van der Waals surface area contributed by atoms with Crippen LogP contribution >= 0.6 is 0 Å². The molecule has 0 bridgehead atoms. The van der Waals surface area contributed by atoms with Crippen molar-refractivity contribution < 1.29 is 0 Å². The SMILES string of the molecule is CCCNc1cc(C(C)C)nc(C2CCCC(CC)C2)n1. The van der Waals surface area contributed by atoms with Crippen LogP contribution in [0.5, 0.6) is 0 Å². The lowest BCUT2D eigenvalue weighted by molar-refractivity contribution is 0.307. The lowest BCUT2D eigenvalue weighted by atomic mass is 9.80. The highest BCUT2D eigenvalue weighted by molar-refractivity contribution is 5.37. The van der Waals surface area contributed by atoms with E-state index in [0.29, 0.717) is 11.8 Å². The van der Waals surface area contributed by atoms with Crippen molar-refractivity contribution in [2.24, 2.45) is 5.92 Å². The van der Waals surface area contributed by atoms with E-state index in [0.717, 1.165) is 30.5 Å². The molecule has 2 rings (SSSR count). The molecule has 0 spiro atoms. The van der Waals surface area contributed by atoms with E-state index in [2.05, 4.69) is 39.1 Å². The summed E-state index contributed by atoms with van der Waals surface area (Å²) in [5.41, 5.74) is 1.18. The minimum absolute atomic E-state index is 0.458. The minimum Gasteiger partial charge on any atom is -0.370 e. The number of hydrogen-bond donors (Lipinski definition) is 1. The molecule has 0 aromatic carbocycles. The van der Waals surface area contributed by atoms with Crippen LogP contribution in [0.4, 0.5) is 5.82 Å². The third-order valence-corrected chi connectivity index (χ3v) is 4.64. The number of nitrogens with one attached hydrogen (secondary N) is 1. The normalized spacial score (nSPS) is 22.5. The zero-order valence-corrected chi connectivity index (χ0v) is 14.2. The Bertz CT molecular complexity index is 442. The van der Waals surface area contributed by atoms with Crippen LogP contribution in [0.1, 0.15) is 89.6 Å². The van der Waals surface area contributed by atoms with Gasteiger partial charge < -0.3 is 5.32 Å². The van der Waals surface area contributed by atoms with Gasteiger partial charge in [0.05, 0.1) is 0 Å². The van der Waals surface area contributed by atoms with Gasteiger partial charge in [0.15, 0.2) is 0 Å². The fourth-order valence-electron chi connectivity index (χ4n) is 3.20. The second-order valence-corrected chi connectivity index (χ2v) is 6.76. The van der Waals surface area contributed by atoms with E-state index in [1.54, 1.807) is 0 Å². The van der Waals surface area contributed by atoms with Gasteiger partial charge in [-0.25, -0.2) is 9.97 Å². The number of nitrogens with zero attached hydrogens (tertiary/aromatic N) is 2. The molecule has 2 unspecified atom stereocenters. The summed E-state index contributed by atoms with van der Waals surface area (Å²) in [5, 5.41) is 3.44. The van der Waals surface area contributed by atoms with Gasteiger partial charge in [0, 0.05) is 24.2 Å². The first-order valence-electron chi connectivity index (χ1n) is 8.76. The van der Waals surface area contributed by atoms with E-state index < -0.39 is 0 Å². The molecule has 0 amide bonds. The zero-order valence-electron chi connectivity index (χ0n) is 14.2. The average Bonchev–Trinajstić information content (AvgIpc) is 2.52. The molecular weight excluding hydrogens is 258 g/mol. The molecule has 1 fully saturated rings. The zero-order chi connectivity index (χ0) is 15.2. The standard InChI is InChI=1S/C18H31N3/c1-5-10-19-17-12-16(13(3)4)20-18(21-17)15-9-7-8-14(6-2)11-15/h12-15H,5-11H2,1-4H3,(H,19,20,21). The quantitative estimate of drug-likeness (QED) is 0.791. The van der Waals surface area contributed by atoms with Gasteiger partial charge in [-0.05, 0) is 31.1 Å². The third-order valence-electron chi connectivity index (χ3n) is 4.64. The maximum Gasteiger partial charge on any atom is 0.134 e. The topological polar surface area (TPSA) is 37.8 Å². The molecule has 3 nitrogen and oxygen atoms in total. The van der Waals surface area contributed by atoms with Crippen LogP contribution in [-0.2, 0) is 0 Å². The van der Waals surface area contributed by atoms with Crippen LogP contribution in [-0.4, -0.2) is 16.5 Å². The summed E-state index contributed by atoms with van der Waals surface area (Å²) in [6.45, 7) is 9.91. The summed E-state index contributed by atoms with van der Waals surface area (Å²) >= 11 is 0. The number of anilines is 1. The number of aromatic nitrogens is 2. The fourth-order valence-corrected chi connectivity index (χ4v) is 3.20. The van der Waals surface area contributed by atoms with Gasteiger partial charge in [0.1, 0.15) is 11.6 Å². The van der Waals surface area contributed by atoms with Gasteiger partial charge in [-0.3, -0.25) is 0 Å². The molecule has 0 aliphatic heterocycles. The van der Waals surface area contributed by atoms with Gasteiger partial charge >= 0.3 is 0 Å². The number of rotatable bonds is 6. The highest BCUT2D eigenvalue weighted by Crippen LogP contribution is 2.36. The Kier molecular flexibility index (Phi) is 6.01. The first-order chi connectivity index (χ1) is 10.1. The van der Waals surface area contributed by atoms with Gasteiger partial charge in [-0.1, -0.05) is 47.0 Å². The van der Waals surface area contributed by atoms with Crippen molar-refractivity contribution in [1.29, 1.82) is 0 Å². The van der Waals surface area contributed by atoms with Gasteiger partial charge in [0.25, 0.3) is 0 Å². The van der Waals surface area contributed by atoms with Crippen LogP contribution in [0, 0.1) is 5.92 Å². The molecule has 1 aromatic heterocycles. The van der Waals surface area contributed by atoms with Gasteiger partial charge in [-0.2, -0.15) is 0 Å². The van der Waals surface area contributed by atoms with Crippen molar-refractivity contribution >= 4 is 5.82 Å². The first kappa shape index (κ1) is 16.3. The fraction of sp³-hybridized carbons (Fsp3) is 0.778. The predicted molar refractivity (Wildman–Crippen MR) is 89.9 cm³/mol. The molecule has 1 N–H and O–H groups in total. The highest BCUT2D eigenvalue weighted by atomic mass is 15.0. The van der Waals surface area contributed by atoms with Crippen LogP contribution in [0.3, 0.4) is 0 Å². The molecule has 1 aliphatic carbocycles. The second-order valence-electron chi connectivity index (χ2n) is 6.76. The summed E-state index contributed by atoms with van der Waals surface area (Å²) in [5.74, 6) is 3.98. The first-order valence-corrected chi connectivity index (χ1v) is 8.76. The Morgan fingerprint density at radius 3 is 2.71 bits per heavy atom. The van der Waals surface area contributed by atoms with Crippen molar-refractivity contribution in [2.45, 2.75) is 78.1 Å². The average molecular weight is 289 g/mol. The molecule has 21 heavy (non-hydrogen) atoms. The smallest absolute Gasteiger partial charge is 0.134 e. The largest absolute Gasteiger partial charge is 0.370 e. The molecule has 1 aliphatic rings. The van der Waals surface area contributed by atoms with E-state index in [1.807, 2.05) is 0 Å². The predicted octanol–water partition coefficient (Wildman–Crippen LogP) is 5.11. The summed E-state index contributed by atoms with van der Waals surface area (Å²) in [6.07, 6.45) is 7.66. The Balaban J connectivity index is 2.22. The molecule has 0 saturated heterocycles. The number of hydrogen-bond acceptors (Lipinski definition) is 3. The molecule has 2 atom stereocenters. The molecule has 0 radical (unpaired) electrons. The van der Waals surface area contributed by atoms with Crippen LogP contribution in [0.15, 0.2) is 6.07 Å². The minimum atomic E-state index is 0.458. The molecule has 3 heteroatoms. The lowest BCUT2D eigenvalue weighted by Crippen LogP contribution is -2.17. The van der Waals surface area contributed by atoms with Gasteiger partial charge in [0.2, 0.25) is 0 Å². The summed E-state index contributed by atoms with van der Waals surface area (Å²) in [4.78, 5) is 9.71. The molecule has 118 valence electrons. The lowest BCUT2D eigenvalue weighted by Gasteiger charge is -2.28. The van der Waals surface area contributed by atoms with Crippen LogP contribution in [0.2, 0.25) is 0 Å². The van der Waals surface area contributed by atoms with E-state index >= 15 is 0 Å². The molecule has 1 saturated carbocycles. The third kappa shape index (κ3) is 4.42. The molecule has 1 heterocycles. The Hall–Kier alpha value is -1.12. The summed E-state index contributed by atoms with van der Waals surface area (Å²) < 4.78 is 0. The Labute approximate surface area is 130 Å². The van der Waals surface area contributed by atoms with E-state index in [4.69, 9.17) is 9.97 Å². The van der Waals surface area contributed by atoms with E-state index in [9.17, 15) is 0 Å². The molecular formula is C18H31N3. The Morgan fingerprint density at radius 2 is 2.05 bits per heavy atom. The molecule has 1 aromatic rings. The van der Waals surface area contributed by atoms with Crippen molar-refractivity contribution in [1.82, 2.24) is 9.97 Å². The van der Waals surface area contributed by atoms with E-state index in [-0.39, 0.29) is 0 Å². The highest BCUT2D eigenvalue weighted by Gasteiger charge is 2.25. The van der Waals surface area contributed by atoms with E-state index in [1.165, 1.54) is 37.8 Å². The van der Waals surface area contributed by atoms with Crippen LogP contribution in [0.25, 0.3) is 0 Å². The second kappa shape index (κ2) is 7.77. The summed E-state index contributed by atoms with van der Waals surface area (Å²) in [7, 11) is 0. The monoisotopic (exact) mass is 289 g/mol. The maximum absolute atomic E-state index is 4.88.